The van der Waals surface area contributed by atoms with Gasteiger partial charge >= 0.3 is 5.97 Å². The number of nitriles is 1. The molecule has 115 heavy (non-hydrogen) atoms. The minimum Gasteiger partial charge on any atom is -0.495 e. The molecule has 5 aliphatic rings. The van der Waals surface area contributed by atoms with E-state index in [1.54, 1.807) is 86.4 Å². The molecule has 6 N–H and O–H groups in total. The monoisotopic (exact) mass is 1570 g/mol. The van der Waals surface area contributed by atoms with Gasteiger partial charge in [0.25, 0.3) is 0 Å². The Morgan fingerprint density at radius 2 is 1.02 bits per heavy atom. The molecular formula is C88H91F5N12O10. The van der Waals surface area contributed by atoms with E-state index >= 15 is 0 Å². The van der Waals surface area contributed by atoms with Gasteiger partial charge < -0.3 is 50.3 Å². The number of methoxy groups -OCH3 is 3. The average molecular weight is 1570 g/mol. The Kier molecular flexibility index (Phi) is 28.9. The van der Waals surface area contributed by atoms with E-state index in [0.717, 1.165) is 82.0 Å². The molecule has 4 unspecified atom stereocenters. The van der Waals surface area contributed by atoms with Crippen LogP contribution < -0.4 is 36.5 Å². The van der Waals surface area contributed by atoms with Crippen LogP contribution in [0.3, 0.4) is 0 Å². The summed E-state index contributed by atoms with van der Waals surface area (Å²) in [6.45, 7) is 4.88. The maximum Gasteiger partial charge on any atom is 0.305 e. The molecule has 22 nitrogen and oxygen atoms in total. The van der Waals surface area contributed by atoms with Crippen LogP contribution in [0.15, 0.2) is 200 Å². The molecule has 27 heteroatoms. The van der Waals surface area contributed by atoms with Gasteiger partial charge in [-0.3, -0.25) is 43.5 Å². The number of nitrogens with one attached hydrogen (secondary N) is 4. The normalized spacial score (nSPS) is 19.5. The van der Waals surface area contributed by atoms with E-state index in [4.69, 9.17) is 20.2 Å². The lowest BCUT2D eigenvalue weighted by molar-refractivity contribution is -0.140. The van der Waals surface area contributed by atoms with E-state index in [1.165, 1.54) is 86.0 Å². The Morgan fingerprint density at radius 1 is 0.557 bits per heavy atom. The lowest BCUT2D eigenvalue weighted by atomic mass is 9.81. The Labute approximate surface area is 663 Å². The van der Waals surface area contributed by atoms with Crippen LogP contribution in [0.5, 0.6) is 11.5 Å². The van der Waals surface area contributed by atoms with E-state index in [-0.39, 0.29) is 89.8 Å². The zero-order valence-corrected chi connectivity index (χ0v) is 64.5. The number of amidine groups is 1. The van der Waals surface area contributed by atoms with Crippen molar-refractivity contribution in [1.29, 1.82) is 5.26 Å². The molecule has 0 spiro atoms. The van der Waals surface area contributed by atoms with Gasteiger partial charge in [-0.2, -0.15) is 5.26 Å². The molecule has 4 atom stereocenters. The molecule has 7 aromatic carbocycles. The van der Waals surface area contributed by atoms with Gasteiger partial charge in [-0.1, -0.05) is 66.7 Å². The number of aliphatic imine (C=N–C) groups is 1. The summed E-state index contributed by atoms with van der Waals surface area (Å²) in [7, 11) is 4.54. The second-order valence-electron chi connectivity index (χ2n) is 28.4. The number of nitrogens with two attached hydrogens (primary N) is 1. The standard InChI is InChI=1S/C26H27FN4O3.C26H25FN4O2.C12H15FN2O.C12H11FN2O.C12H13FO3/c1-18-15-31(17-29-18)22-11-5-19(14-23(22)34-2)6-12-24(32)28-16-26(13-3-4-25(33)30-26)20-7-9-21(27)10-8-20;1-18-15-30(17-29-18)22-11-5-19(14-23(22)33-2)6-12-24-28-16-26(13-3-4-25(32)31(24)26)20-7-9-21(27)10-8-20;2*13-10-5-3-9(4-6-10)12(8-14)7-1-2-11(16)15-12;1-16-12(15)4-2-3-11(14)9-5-7-10(13)8-6-9/h5-12,14-15,17H,3-4,13,16H2,1-2H3,(H,28,32)(H,30,33);5-12,14-15,17H,3-4,13,16H2,1-2H3;3-6H,1-2,7-8,14H2,(H,15,16);3-6H,1-2,7H2,(H,15,16);5-8H,2-4H2,1H3/b2*12-6+;;;. The minimum atomic E-state index is -0.983. The van der Waals surface area contributed by atoms with Crippen LogP contribution in [0.25, 0.3) is 23.5 Å². The third kappa shape index (κ3) is 21.8. The summed E-state index contributed by atoms with van der Waals surface area (Å²) in [5.41, 5.74) is 11.9. The van der Waals surface area contributed by atoms with Crippen molar-refractivity contribution in [3.05, 3.63) is 274 Å². The maximum atomic E-state index is 13.5. The van der Waals surface area contributed by atoms with Gasteiger partial charge in [0.1, 0.15) is 46.4 Å². The molecule has 4 saturated heterocycles. The summed E-state index contributed by atoms with van der Waals surface area (Å²) in [5, 5.41) is 20.7. The van der Waals surface area contributed by atoms with Crippen molar-refractivity contribution in [2.24, 2.45) is 10.7 Å². The molecule has 7 heterocycles. The lowest BCUT2D eigenvalue weighted by Gasteiger charge is -2.42. The number of aromatic nitrogens is 4. The number of aryl methyl sites for hydroxylation is 2. The zero-order valence-electron chi connectivity index (χ0n) is 64.5. The third-order valence-electron chi connectivity index (χ3n) is 20.5. The SMILES string of the molecule is COC(=O)CCCC(=O)c1ccc(F)cc1.COc1cc(/C=C/C(=O)NCC2(c3ccc(F)cc3)CCCC(=O)N2)ccc1-n1cnc(C)c1.COc1cc(/C=C/C2=NCC3(c4ccc(F)cc4)CCCC(=O)N23)ccc1-n1cnc(C)c1.N#CC1(c2ccc(F)cc2)CCCC(=O)N1.NCC1(c2ccc(F)cc2)CCCC(=O)N1. The molecule has 0 radical (unpaired) electrons. The fraction of sp³-hybridized carbons (Fsp3) is 0.307. The molecule has 4 fully saturated rings. The third-order valence-corrected chi connectivity index (χ3v) is 20.5. The molecule has 0 bridgehead atoms. The number of piperidine rings is 4. The van der Waals surface area contributed by atoms with Crippen LogP contribution in [0.4, 0.5) is 22.0 Å². The highest BCUT2D eigenvalue weighted by Crippen LogP contribution is 2.43. The molecular weight excluding hydrogens is 1480 g/mol. The van der Waals surface area contributed by atoms with Crippen molar-refractivity contribution in [3.8, 4) is 28.9 Å². The molecule has 0 aliphatic carbocycles. The second kappa shape index (κ2) is 39.2. The van der Waals surface area contributed by atoms with E-state index in [2.05, 4.69) is 42.0 Å². The number of Topliss-reactive ketones (excluding diaryl/α,β-unsaturated/α-hetero) is 1. The lowest BCUT2D eigenvalue weighted by Crippen LogP contribution is -2.55. The Balaban J connectivity index is 0.000000159. The Morgan fingerprint density at radius 3 is 1.50 bits per heavy atom. The number of hydrogen-bond acceptors (Lipinski definition) is 15. The van der Waals surface area contributed by atoms with Crippen molar-refractivity contribution >= 4 is 59.3 Å². The average Bonchev–Trinajstić information content (AvgIpc) is 1.60. The predicted octanol–water partition coefficient (Wildman–Crippen LogP) is 13.8. The van der Waals surface area contributed by atoms with Gasteiger partial charge in [0.15, 0.2) is 11.3 Å². The Bertz CT molecular complexity index is 5070. The first kappa shape index (κ1) is 84.7. The van der Waals surface area contributed by atoms with Crippen LogP contribution in [-0.2, 0) is 55.7 Å². The highest BCUT2D eigenvalue weighted by atomic mass is 19.1. The number of benzene rings is 7. The minimum absolute atomic E-state index is 0.0148. The number of hydrogen-bond donors (Lipinski definition) is 5. The van der Waals surface area contributed by atoms with E-state index < -0.39 is 22.2 Å². The summed E-state index contributed by atoms with van der Waals surface area (Å²) in [4.78, 5) is 97.9. The molecule has 598 valence electrons. The maximum absolute atomic E-state index is 13.5. The molecule has 5 aliphatic heterocycles. The number of rotatable bonds is 20. The first-order valence-electron chi connectivity index (χ1n) is 37.7. The number of amides is 5. The van der Waals surface area contributed by atoms with Crippen molar-refractivity contribution in [1.82, 2.24) is 45.3 Å². The number of carbonyl (C=O) groups excluding carboxylic acids is 7. The summed E-state index contributed by atoms with van der Waals surface area (Å²) in [5.74, 6) is -0.485. The van der Waals surface area contributed by atoms with Gasteiger partial charge in [0, 0.05) is 75.6 Å². The number of ether oxygens (including phenoxy) is 3. The number of imidazole rings is 2. The fourth-order valence-corrected chi connectivity index (χ4v) is 14.4. The van der Waals surface area contributed by atoms with Gasteiger partial charge in [0.2, 0.25) is 29.5 Å². The van der Waals surface area contributed by atoms with Crippen LogP contribution in [0.1, 0.15) is 151 Å². The first-order chi connectivity index (χ1) is 55.3. The van der Waals surface area contributed by atoms with E-state index in [9.17, 15) is 60.8 Å². The summed E-state index contributed by atoms with van der Waals surface area (Å²) < 4.78 is 84.5. The number of esters is 1. The zero-order chi connectivity index (χ0) is 82.3. The quantitative estimate of drug-likeness (QED) is 0.0205. The number of ketones is 1. The number of fused-ring (bicyclic) bond motifs is 1. The summed E-state index contributed by atoms with van der Waals surface area (Å²) >= 11 is 0. The van der Waals surface area contributed by atoms with Gasteiger partial charge in [-0.15, -0.1) is 0 Å². The molecule has 5 amide bonds. The van der Waals surface area contributed by atoms with Crippen molar-refractivity contribution in [2.45, 2.75) is 132 Å². The highest BCUT2D eigenvalue weighted by molar-refractivity contribution is 6.08. The highest BCUT2D eigenvalue weighted by Gasteiger charge is 2.49. The van der Waals surface area contributed by atoms with Crippen LogP contribution >= 0.6 is 0 Å². The molecule has 2 aromatic heterocycles. The Hall–Kier alpha value is -12.7. The number of nitrogens with zero attached hydrogens (tertiary/aromatic N) is 7. The first-order valence-corrected chi connectivity index (χ1v) is 37.7. The summed E-state index contributed by atoms with van der Waals surface area (Å²) in [6, 6.07) is 43.4. The largest absolute Gasteiger partial charge is 0.495 e. The van der Waals surface area contributed by atoms with Crippen LogP contribution in [0.2, 0.25) is 0 Å². The van der Waals surface area contributed by atoms with Crippen molar-refractivity contribution < 1.29 is 69.7 Å². The second-order valence-corrected chi connectivity index (χ2v) is 28.4. The molecule has 14 rings (SSSR count). The molecule has 9 aromatic rings. The number of halogens is 5. The predicted molar refractivity (Wildman–Crippen MR) is 423 cm³/mol. The van der Waals surface area contributed by atoms with Crippen LogP contribution in [0, 0.1) is 54.3 Å². The summed E-state index contributed by atoms with van der Waals surface area (Å²) in [6.07, 6.45) is 23.0. The number of carbonyl (C=O) groups is 7. The van der Waals surface area contributed by atoms with Gasteiger partial charge in [0.05, 0.1) is 86.0 Å². The van der Waals surface area contributed by atoms with Gasteiger partial charge in [-0.25, -0.2) is 31.9 Å². The van der Waals surface area contributed by atoms with Crippen molar-refractivity contribution in [2.75, 3.05) is 41.0 Å². The van der Waals surface area contributed by atoms with E-state index in [1.807, 2.05) is 83.9 Å². The van der Waals surface area contributed by atoms with E-state index in [0.29, 0.717) is 93.6 Å². The smallest absolute Gasteiger partial charge is 0.305 e. The van der Waals surface area contributed by atoms with Crippen LogP contribution in [-0.4, -0.2) is 112 Å². The topological polar surface area (TPSA) is 296 Å². The fourth-order valence-electron chi connectivity index (χ4n) is 14.4. The molecule has 0 saturated carbocycles. The van der Waals surface area contributed by atoms with Crippen molar-refractivity contribution in [3.63, 3.8) is 0 Å². The van der Waals surface area contributed by atoms with Gasteiger partial charge in [-0.05, 0) is 214 Å².